The van der Waals surface area contributed by atoms with Gasteiger partial charge < -0.3 is 24.4 Å². The lowest BCUT2D eigenvalue weighted by Gasteiger charge is -2.69. The zero-order valence-corrected chi connectivity index (χ0v) is 18.9. The summed E-state index contributed by atoms with van der Waals surface area (Å²) in [6.45, 7) is 5.11. The first-order valence-corrected chi connectivity index (χ1v) is 12.1. The molecular formula is C24H39NO5. The van der Waals surface area contributed by atoms with Crippen molar-refractivity contribution in [1.82, 2.24) is 4.90 Å². The van der Waals surface area contributed by atoms with E-state index >= 15 is 0 Å². The van der Waals surface area contributed by atoms with Crippen molar-refractivity contribution in [3.05, 3.63) is 0 Å². The monoisotopic (exact) mass is 421 g/mol. The summed E-state index contributed by atoms with van der Waals surface area (Å²) in [5.74, 6) is 1.03. The molecule has 6 heteroatoms. The zero-order chi connectivity index (χ0) is 21.1. The van der Waals surface area contributed by atoms with E-state index in [0.29, 0.717) is 18.4 Å². The number of hydrogen-bond acceptors (Lipinski definition) is 6. The molecule has 0 aromatic rings. The van der Waals surface area contributed by atoms with Crippen LogP contribution in [0.2, 0.25) is 0 Å². The molecule has 5 aliphatic carbocycles. The lowest BCUT2D eigenvalue weighted by atomic mass is 9.43. The molecule has 6 nitrogen and oxygen atoms in total. The smallest absolute Gasteiger partial charge is 0.0771 e. The highest BCUT2D eigenvalue weighted by molar-refractivity contribution is 5.33. The van der Waals surface area contributed by atoms with Crippen LogP contribution in [0.15, 0.2) is 0 Å². The lowest BCUT2D eigenvalue weighted by molar-refractivity contribution is -0.276. The first kappa shape index (κ1) is 20.4. The molecule has 0 radical (unpaired) electrons. The molecular weight excluding hydrogens is 382 g/mol. The molecule has 6 aliphatic rings. The summed E-state index contributed by atoms with van der Waals surface area (Å²) < 4.78 is 18.0. The Morgan fingerprint density at radius 1 is 1.10 bits per heavy atom. The maximum absolute atomic E-state index is 12.4. The van der Waals surface area contributed by atoms with Gasteiger partial charge in [-0.3, -0.25) is 4.90 Å². The molecule has 1 saturated heterocycles. The van der Waals surface area contributed by atoms with E-state index in [9.17, 15) is 10.2 Å². The van der Waals surface area contributed by atoms with E-state index in [-0.39, 0.29) is 46.7 Å². The first-order valence-electron chi connectivity index (χ1n) is 12.1. The van der Waals surface area contributed by atoms with Crippen molar-refractivity contribution in [1.29, 1.82) is 0 Å². The Kier molecular flexibility index (Phi) is 4.36. The van der Waals surface area contributed by atoms with Crippen LogP contribution in [0.25, 0.3) is 0 Å². The first-order chi connectivity index (χ1) is 14.4. The van der Waals surface area contributed by atoms with E-state index in [1.165, 1.54) is 0 Å². The van der Waals surface area contributed by atoms with E-state index in [0.717, 1.165) is 45.4 Å². The summed E-state index contributed by atoms with van der Waals surface area (Å²) in [5.41, 5.74) is -0.719. The largest absolute Gasteiger partial charge is 0.392 e. The van der Waals surface area contributed by atoms with Crippen molar-refractivity contribution >= 4 is 0 Å². The molecule has 170 valence electrons. The van der Waals surface area contributed by atoms with Crippen LogP contribution in [0.3, 0.4) is 0 Å². The molecule has 1 aliphatic heterocycles. The molecule has 2 N–H and O–H groups in total. The van der Waals surface area contributed by atoms with Gasteiger partial charge in [0.15, 0.2) is 0 Å². The van der Waals surface area contributed by atoms with Gasteiger partial charge in [0.05, 0.1) is 30.5 Å². The number of piperidine rings is 1. The molecule has 7 bridgehead atoms. The van der Waals surface area contributed by atoms with Crippen molar-refractivity contribution in [2.24, 2.45) is 40.4 Å². The van der Waals surface area contributed by atoms with Gasteiger partial charge in [0, 0.05) is 68.9 Å². The van der Waals surface area contributed by atoms with Crippen molar-refractivity contribution in [3.63, 3.8) is 0 Å². The predicted molar refractivity (Wildman–Crippen MR) is 111 cm³/mol. The van der Waals surface area contributed by atoms with Gasteiger partial charge in [0.25, 0.3) is 0 Å². The normalized spacial score (nSPS) is 60.8. The van der Waals surface area contributed by atoms with Crippen molar-refractivity contribution < 1.29 is 24.4 Å². The predicted octanol–water partition coefficient (Wildman–Crippen LogP) is 1.53. The molecule has 5 saturated carbocycles. The number of hydrogen-bond donors (Lipinski definition) is 2. The van der Waals surface area contributed by atoms with Crippen LogP contribution in [0.5, 0.6) is 0 Å². The van der Waals surface area contributed by atoms with E-state index in [1.54, 1.807) is 7.11 Å². The van der Waals surface area contributed by atoms with Gasteiger partial charge in [-0.25, -0.2) is 0 Å². The van der Waals surface area contributed by atoms with Gasteiger partial charge in [-0.1, -0.05) is 6.92 Å². The van der Waals surface area contributed by atoms with Crippen LogP contribution in [0.1, 0.15) is 39.0 Å². The van der Waals surface area contributed by atoms with Gasteiger partial charge >= 0.3 is 0 Å². The van der Waals surface area contributed by atoms with Crippen LogP contribution in [-0.4, -0.2) is 86.1 Å². The molecule has 0 aromatic carbocycles. The van der Waals surface area contributed by atoms with E-state index < -0.39 is 11.7 Å². The Bertz CT molecular complexity index is 720. The lowest BCUT2D eigenvalue weighted by Crippen LogP contribution is -2.76. The maximum atomic E-state index is 12.4. The summed E-state index contributed by atoms with van der Waals surface area (Å²) in [6, 6.07) is 0.329. The number of fused-ring (bicyclic) bond motifs is 2. The third-order valence-corrected chi connectivity index (χ3v) is 11.2. The van der Waals surface area contributed by atoms with Crippen molar-refractivity contribution in [2.75, 3.05) is 41.0 Å². The average Bonchev–Trinajstić information content (AvgIpc) is 3.15. The number of aliphatic hydroxyl groups is 2. The van der Waals surface area contributed by atoms with Gasteiger partial charge in [-0.05, 0) is 44.1 Å². The van der Waals surface area contributed by atoms with Crippen LogP contribution in [-0.2, 0) is 14.2 Å². The van der Waals surface area contributed by atoms with E-state index in [1.807, 2.05) is 14.2 Å². The summed E-state index contributed by atoms with van der Waals surface area (Å²) in [4.78, 5) is 2.67. The minimum absolute atomic E-state index is 0.000283. The summed E-state index contributed by atoms with van der Waals surface area (Å²) in [6.07, 6.45) is 4.52. The molecule has 1 spiro atoms. The van der Waals surface area contributed by atoms with Gasteiger partial charge in [-0.15, -0.1) is 0 Å². The van der Waals surface area contributed by atoms with E-state index in [2.05, 4.69) is 11.8 Å². The number of methoxy groups -OCH3 is 3. The molecule has 30 heavy (non-hydrogen) atoms. The second-order valence-electron chi connectivity index (χ2n) is 11.5. The maximum Gasteiger partial charge on any atom is 0.0771 e. The number of likely N-dealkylation sites (tertiary alicyclic amines) is 1. The Morgan fingerprint density at radius 3 is 2.57 bits per heavy atom. The van der Waals surface area contributed by atoms with Gasteiger partial charge in [0.2, 0.25) is 0 Å². The SMILES string of the molecule is CCN1C[C@]2(COC)CCC(OC)C34C5CC6C(OC)C[C@@](O)(C5[C@H]6O)C(CC32)[C@H]14. The van der Waals surface area contributed by atoms with E-state index in [4.69, 9.17) is 14.2 Å². The summed E-state index contributed by atoms with van der Waals surface area (Å²) in [5, 5.41) is 23.8. The van der Waals surface area contributed by atoms with Gasteiger partial charge in [-0.2, -0.15) is 0 Å². The molecule has 6 rings (SSSR count). The Balaban J connectivity index is 1.58. The minimum atomic E-state index is -0.847. The van der Waals surface area contributed by atoms with Crippen LogP contribution < -0.4 is 0 Å². The third-order valence-electron chi connectivity index (χ3n) is 11.2. The van der Waals surface area contributed by atoms with Crippen LogP contribution >= 0.6 is 0 Å². The molecule has 12 atom stereocenters. The molecule has 8 unspecified atom stereocenters. The van der Waals surface area contributed by atoms with Crippen LogP contribution in [0.4, 0.5) is 0 Å². The highest BCUT2D eigenvalue weighted by Crippen LogP contribution is 2.79. The summed E-state index contributed by atoms with van der Waals surface area (Å²) in [7, 11) is 5.48. The van der Waals surface area contributed by atoms with Crippen LogP contribution in [0, 0.1) is 40.4 Å². The average molecular weight is 422 g/mol. The standard InChI is InChI=1S/C24H39NO5/c1-5-25-11-22(12-28-2)7-6-18(30-4)24-14-8-13-16(29-3)10-23(27,19(14)20(13)26)15(21(24)25)9-17(22)24/h13-21,26-27H,5-12H2,1-4H3/t13?,14?,15?,16?,17?,18?,19?,20-,21-,22-,23-,24?/m0/s1. The zero-order valence-electron chi connectivity index (χ0n) is 18.9. The second kappa shape index (κ2) is 6.42. The molecule has 0 amide bonds. The highest BCUT2D eigenvalue weighted by Gasteiger charge is 2.83. The molecule has 6 fully saturated rings. The highest BCUT2D eigenvalue weighted by atomic mass is 16.5. The Hall–Kier alpha value is -0.240. The fourth-order valence-electron chi connectivity index (χ4n) is 10.7. The minimum Gasteiger partial charge on any atom is -0.392 e. The molecule has 1 heterocycles. The van der Waals surface area contributed by atoms with Gasteiger partial charge in [0.1, 0.15) is 0 Å². The number of aliphatic hydroxyl groups excluding tert-OH is 1. The fraction of sp³-hybridized carbons (Fsp3) is 1.00. The Morgan fingerprint density at radius 2 is 1.90 bits per heavy atom. The third kappa shape index (κ3) is 2.00. The number of ether oxygens (including phenoxy) is 3. The number of nitrogens with zero attached hydrogens (tertiary/aromatic N) is 1. The topological polar surface area (TPSA) is 71.4 Å². The van der Waals surface area contributed by atoms with Crippen molar-refractivity contribution in [2.45, 2.75) is 69.0 Å². The molecule has 0 aromatic heterocycles. The quantitative estimate of drug-likeness (QED) is 0.702. The second-order valence-corrected chi connectivity index (χ2v) is 11.5. The fourth-order valence-corrected chi connectivity index (χ4v) is 10.7. The summed E-state index contributed by atoms with van der Waals surface area (Å²) >= 11 is 0. The Labute approximate surface area is 180 Å². The number of rotatable bonds is 5. The van der Waals surface area contributed by atoms with Crippen molar-refractivity contribution in [3.8, 4) is 0 Å².